The van der Waals surface area contributed by atoms with Crippen molar-refractivity contribution in [1.29, 1.82) is 5.26 Å². The van der Waals surface area contributed by atoms with Gasteiger partial charge in [-0.1, -0.05) is 36.4 Å². The summed E-state index contributed by atoms with van der Waals surface area (Å²) in [6, 6.07) is 19.7. The third-order valence-electron chi connectivity index (χ3n) is 3.37. The van der Waals surface area contributed by atoms with E-state index in [1.54, 1.807) is 4.90 Å². The number of halogens is 1. The van der Waals surface area contributed by atoms with Crippen LogP contribution in [0.15, 0.2) is 54.6 Å². The first kappa shape index (κ1) is 16.5. The summed E-state index contributed by atoms with van der Waals surface area (Å²) < 4.78 is 1.03. The number of carbonyl (C=O) groups excluding carboxylic acids is 1. The minimum atomic E-state index is -0.00954. The van der Waals surface area contributed by atoms with Gasteiger partial charge in [-0.3, -0.25) is 4.79 Å². The van der Waals surface area contributed by atoms with E-state index in [0.29, 0.717) is 25.1 Å². The summed E-state index contributed by atoms with van der Waals surface area (Å²) >= 11 is 2.20. The van der Waals surface area contributed by atoms with Crippen LogP contribution in [0.3, 0.4) is 0 Å². The molecule has 0 N–H and O–H groups in total. The van der Waals surface area contributed by atoms with Crippen LogP contribution in [0.25, 0.3) is 0 Å². The molecule has 3 nitrogen and oxygen atoms in total. The molecule has 4 heteroatoms. The van der Waals surface area contributed by atoms with Gasteiger partial charge >= 0.3 is 0 Å². The van der Waals surface area contributed by atoms with Gasteiger partial charge in [0.25, 0.3) is 5.91 Å². The molecule has 0 heterocycles. The number of hydrogen-bond donors (Lipinski definition) is 0. The highest BCUT2D eigenvalue weighted by Crippen LogP contribution is 2.12. The van der Waals surface area contributed by atoms with Crippen molar-refractivity contribution in [2.75, 3.05) is 13.1 Å². The first-order valence-corrected chi connectivity index (χ1v) is 8.24. The Labute approximate surface area is 144 Å². The largest absolute Gasteiger partial charge is 0.337 e. The van der Waals surface area contributed by atoms with Crippen molar-refractivity contribution >= 4 is 28.5 Å². The number of nitrogens with zero attached hydrogens (tertiary/aromatic N) is 2. The van der Waals surface area contributed by atoms with E-state index in [2.05, 4.69) is 40.8 Å². The molecule has 0 aromatic heterocycles. The molecule has 0 saturated heterocycles. The lowest BCUT2D eigenvalue weighted by Crippen LogP contribution is -2.33. The number of nitriles is 1. The molecule has 0 saturated carbocycles. The van der Waals surface area contributed by atoms with Gasteiger partial charge < -0.3 is 4.90 Å². The molecule has 2 rings (SSSR count). The van der Waals surface area contributed by atoms with Crippen molar-refractivity contribution < 1.29 is 4.79 Å². The Morgan fingerprint density at radius 2 is 1.86 bits per heavy atom. The molecule has 0 unspecified atom stereocenters. The van der Waals surface area contributed by atoms with Gasteiger partial charge in [-0.05, 0) is 52.8 Å². The normalized spacial score (nSPS) is 10.0. The maximum Gasteiger partial charge on any atom is 0.253 e. The van der Waals surface area contributed by atoms with Crippen molar-refractivity contribution in [3.05, 3.63) is 69.3 Å². The maximum absolute atomic E-state index is 12.6. The van der Waals surface area contributed by atoms with Crippen LogP contribution in [0.2, 0.25) is 0 Å². The van der Waals surface area contributed by atoms with Crippen LogP contribution in [0.5, 0.6) is 0 Å². The molecule has 2 aromatic rings. The summed E-state index contributed by atoms with van der Waals surface area (Å²) in [5, 5.41) is 8.81. The number of amides is 1. The second-order valence-corrected chi connectivity index (χ2v) is 6.19. The van der Waals surface area contributed by atoms with E-state index in [1.807, 2.05) is 42.5 Å². The fourth-order valence-corrected chi connectivity index (χ4v) is 2.76. The monoisotopic (exact) mass is 404 g/mol. The molecule has 0 aliphatic rings. The minimum absolute atomic E-state index is 0.00954. The molecule has 2 aromatic carbocycles. The lowest BCUT2D eigenvalue weighted by molar-refractivity contribution is 0.0761. The van der Waals surface area contributed by atoms with Crippen LogP contribution in [-0.2, 0) is 6.42 Å². The van der Waals surface area contributed by atoms with Gasteiger partial charge in [-0.15, -0.1) is 0 Å². The summed E-state index contributed by atoms with van der Waals surface area (Å²) in [5.74, 6) is -0.00954. The number of rotatable bonds is 6. The lowest BCUT2D eigenvalue weighted by Gasteiger charge is -2.22. The number of hydrogen-bond acceptors (Lipinski definition) is 2. The zero-order valence-corrected chi connectivity index (χ0v) is 14.4. The molecule has 0 bridgehead atoms. The Bertz CT molecular complexity index is 664. The average Bonchev–Trinajstić information content (AvgIpc) is 2.55. The van der Waals surface area contributed by atoms with E-state index >= 15 is 0 Å². The molecular weight excluding hydrogens is 387 g/mol. The Balaban J connectivity index is 2.08. The first-order chi connectivity index (χ1) is 10.7. The summed E-state index contributed by atoms with van der Waals surface area (Å²) in [6.45, 7) is 1.09. The van der Waals surface area contributed by atoms with Gasteiger partial charge in [-0.2, -0.15) is 5.26 Å². The zero-order valence-electron chi connectivity index (χ0n) is 12.2. The van der Waals surface area contributed by atoms with E-state index in [-0.39, 0.29) is 5.91 Å². The van der Waals surface area contributed by atoms with Crippen LogP contribution in [0.4, 0.5) is 0 Å². The summed E-state index contributed by atoms with van der Waals surface area (Å²) in [7, 11) is 0. The van der Waals surface area contributed by atoms with Gasteiger partial charge in [0, 0.05) is 22.2 Å². The van der Waals surface area contributed by atoms with Gasteiger partial charge in [0.1, 0.15) is 0 Å². The van der Waals surface area contributed by atoms with E-state index in [4.69, 9.17) is 5.26 Å². The quantitative estimate of drug-likeness (QED) is 0.686. The standard InChI is InChI=1S/C18H17IN2O/c19-17-9-4-8-16(14-17)18(22)21(12-5-11-20)13-10-15-6-2-1-3-7-15/h1-4,6-9,14H,5,10,12-13H2. The Morgan fingerprint density at radius 1 is 1.09 bits per heavy atom. The zero-order chi connectivity index (χ0) is 15.8. The molecule has 0 atom stereocenters. The van der Waals surface area contributed by atoms with Crippen molar-refractivity contribution in [2.24, 2.45) is 0 Å². The Morgan fingerprint density at radius 3 is 2.55 bits per heavy atom. The third kappa shape index (κ3) is 4.85. The van der Waals surface area contributed by atoms with Crippen LogP contribution >= 0.6 is 22.6 Å². The highest BCUT2D eigenvalue weighted by atomic mass is 127. The number of carbonyl (C=O) groups is 1. The second-order valence-electron chi connectivity index (χ2n) is 4.95. The van der Waals surface area contributed by atoms with Gasteiger partial charge in [-0.25, -0.2) is 0 Å². The lowest BCUT2D eigenvalue weighted by atomic mass is 10.1. The van der Waals surface area contributed by atoms with E-state index in [1.165, 1.54) is 5.56 Å². The molecule has 0 aliphatic heterocycles. The minimum Gasteiger partial charge on any atom is -0.337 e. The summed E-state index contributed by atoms with van der Waals surface area (Å²) in [4.78, 5) is 14.4. The van der Waals surface area contributed by atoms with Crippen LogP contribution in [-0.4, -0.2) is 23.9 Å². The topological polar surface area (TPSA) is 44.1 Å². The molecule has 1 amide bonds. The molecule has 112 valence electrons. The van der Waals surface area contributed by atoms with Gasteiger partial charge in [0.15, 0.2) is 0 Å². The summed E-state index contributed by atoms with van der Waals surface area (Å²) in [6.07, 6.45) is 1.15. The predicted octanol–water partition coefficient (Wildman–Crippen LogP) is 3.89. The average molecular weight is 404 g/mol. The highest BCUT2D eigenvalue weighted by Gasteiger charge is 2.15. The maximum atomic E-state index is 12.6. The molecular formula is C18H17IN2O. The fourth-order valence-electron chi connectivity index (χ4n) is 2.21. The molecule has 0 spiro atoms. The molecule has 0 radical (unpaired) electrons. The van der Waals surface area contributed by atoms with Crippen molar-refractivity contribution in [1.82, 2.24) is 4.90 Å². The Hall–Kier alpha value is -1.87. The third-order valence-corrected chi connectivity index (χ3v) is 4.04. The molecule has 0 fully saturated rings. The summed E-state index contributed by atoms with van der Waals surface area (Å²) in [5.41, 5.74) is 1.87. The van der Waals surface area contributed by atoms with E-state index in [9.17, 15) is 4.79 Å². The first-order valence-electron chi connectivity index (χ1n) is 7.16. The molecule has 0 aliphatic carbocycles. The van der Waals surface area contributed by atoms with E-state index < -0.39 is 0 Å². The molecule has 22 heavy (non-hydrogen) atoms. The van der Waals surface area contributed by atoms with Gasteiger partial charge in [0.05, 0.1) is 12.5 Å². The smallest absolute Gasteiger partial charge is 0.253 e. The van der Waals surface area contributed by atoms with Crippen molar-refractivity contribution in [3.63, 3.8) is 0 Å². The van der Waals surface area contributed by atoms with Crippen molar-refractivity contribution in [3.8, 4) is 6.07 Å². The SMILES string of the molecule is N#CCCN(CCc1ccccc1)C(=O)c1cccc(I)c1. The predicted molar refractivity (Wildman–Crippen MR) is 95.4 cm³/mol. The van der Waals surface area contributed by atoms with Crippen molar-refractivity contribution in [2.45, 2.75) is 12.8 Å². The van der Waals surface area contributed by atoms with Gasteiger partial charge in [0.2, 0.25) is 0 Å². The second kappa shape index (κ2) is 8.54. The van der Waals surface area contributed by atoms with Crippen LogP contribution < -0.4 is 0 Å². The number of benzene rings is 2. The van der Waals surface area contributed by atoms with Crippen LogP contribution in [0.1, 0.15) is 22.3 Å². The van der Waals surface area contributed by atoms with Crippen LogP contribution in [0, 0.1) is 14.9 Å². The highest BCUT2D eigenvalue weighted by molar-refractivity contribution is 14.1. The fraction of sp³-hybridized carbons (Fsp3) is 0.222. The Kier molecular flexibility index (Phi) is 6.41. The van der Waals surface area contributed by atoms with E-state index in [0.717, 1.165) is 9.99 Å².